The van der Waals surface area contributed by atoms with E-state index in [-0.39, 0.29) is 16.8 Å². The van der Waals surface area contributed by atoms with Crippen LogP contribution >= 0.6 is 12.2 Å². The number of carbonyl (C=O) groups is 2. The molecule has 2 rings (SSSR count). The molecule has 32 heavy (non-hydrogen) atoms. The highest BCUT2D eigenvalue weighted by Gasteiger charge is 2.17. The minimum Gasteiger partial charge on any atom is -0.493 e. The van der Waals surface area contributed by atoms with Gasteiger partial charge in [-0.1, -0.05) is 13.0 Å². The third-order valence-electron chi connectivity index (χ3n) is 4.45. The van der Waals surface area contributed by atoms with Gasteiger partial charge < -0.3 is 18.9 Å². The Morgan fingerprint density at radius 3 is 2.16 bits per heavy atom. The minimum atomic E-state index is -0.523. The first-order valence-corrected chi connectivity index (χ1v) is 10.2. The number of carbonyl (C=O) groups excluding carboxylic acids is 2. The second-order valence-corrected chi connectivity index (χ2v) is 7.05. The van der Waals surface area contributed by atoms with Gasteiger partial charge in [-0.05, 0) is 55.9 Å². The number of amides is 2. The van der Waals surface area contributed by atoms with E-state index in [0.717, 1.165) is 6.42 Å². The summed E-state index contributed by atoms with van der Waals surface area (Å²) in [7, 11) is 4.37. The van der Waals surface area contributed by atoms with Gasteiger partial charge in [0.2, 0.25) is 5.75 Å². The number of thiocarbonyl (C=S) groups is 1. The molecule has 0 saturated heterocycles. The van der Waals surface area contributed by atoms with Crippen LogP contribution in [0.3, 0.4) is 0 Å². The van der Waals surface area contributed by atoms with Crippen molar-refractivity contribution in [2.75, 3.05) is 21.3 Å². The molecule has 1 unspecified atom stereocenters. The van der Waals surface area contributed by atoms with Crippen molar-refractivity contribution in [3.63, 3.8) is 0 Å². The highest BCUT2D eigenvalue weighted by Crippen LogP contribution is 2.38. The molecule has 2 aromatic carbocycles. The van der Waals surface area contributed by atoms with E-state index in [4.69, 9.17) is 31.2 Å². The number of rotatable bonds is 8. The second kappa shape index (κ2) is 11.8. The largest absolute Gasteiger partial charge is 0.493 e. The fourth-order valence-corrected chi connectivity index (χ4v) is 2.77. The Morgan fingerprint density at radius 2 is 1.59 bits per heavy atom. The summed E-state index contributed by atoms with van der Waals surface area (Å²) in [5.41, 5.74) is 5.52. The molecule has 0 aliphatic carbocycles. The molecule has 1 atom stereocenters. The monoisotopic (exact) mass is 461 g/mol. The zero-order valence-electron chi connectivity index (χ0n) is 18.6. The Kier molecular flexibility index (Phi) is 9.08. The van der Waals surface area contributed by atoms with Crippen LogP contribution in [0.25, 0.3) is 0 Å². The third-order valence-corrected chi connectivity index (χ3v) is 4.66. The minimum absolute atomic E-state index is 0.0291. The number of ether oxygens (including phenoxy) is 4. The Bertz CT molecular complexity index is 957. The van der Waals surface area contributed by atoms with E-state index >= 15 is 0 Å². The number of methoxy groups -OCH3 is 3. The molecule has 0 spiro atoms. The molecule has 0 aliphatic rings. The van der Waals surface area contributed by atoms with Crippen LogP contribution in [0.4, 0.5) is 0 Å². The smallest absolute Gasteiger partial charge is 0.269 e. The van der Waals surface area contributed by atoms with E-state index < -0.39 is 11.8 Å². The van der Waals surface area contributed by atoms with Crippen LogP contribution in [0, 0.1) is 0 Å². The number of hydrazine groups is 1. The predicted molar refractivity (Wildman–Crippen MR) is 124 cm³/mol. The van der Waals surface area contributed by atoms with Crippen LogP contribution < -0.4 is 35.1 Å². The van der Waals surface area contributed by atoms with Crippen LogP contribution in [0.2, 0.25) is 0 Å². The highest BCUT2D eigenvalue weighted by molar-refractivity contribution is 7.80. The lowest BCUT2D eigenvalue weighted by atomic mass is 10.1. The molecule has 2 amide bonds. The van der Waals surface area contributed by atoms with Crippen molar-refractivity contribution >= 4 is 29.1 Å². The number of hydrogen-bond donors (Lipinski definition) is 3. The second-order valence-electron chi connectivity index (χ2n) is 6.64. The third kappa shape index (κ3) is 6.48. The van der Waals surface area contributed by atoms with Crippen LogP contribution in [0.5, 0.6) is 23.0 Å². The van der Waals surface area contributed by atoms with E-state index in [1.807, 2.05) is 13.8 Å². The molecule has 9 nitrogen and oxygen atoms in total. The average molecular weight is 462 g/mol. The molecule has 0 radical (unpaired) electrons. The highest BCUT2D eigenvalue weighted by atomic mass is 32.1. The molecule has 0 saturated carbocycles. The summed E-state index contributed by atoms with van der Waals surface area (Å²) >= 11 is 5.10. The van der Waals surface area contributed by atoms with Gasteiger partial charge in [0.25, 0.3) is 11.8 Å². The van der Waals surface area contributed by atoms with Gasteiger partial charge in [0.15, 0.2) is 16.6 Å². The summed E-state index contributed by atoms with van der Waals surface area (Å²) in [6.45, 7) is 3.96. The number of hydrogen-bond acceptors (Lipinski definition) is 7. The van der Waals surface area contributed by atoms with Crippen molar-refractivity contribution in [1.29, 1.82) is 0 Å². The predicted octanol–water partition coefficient (Wildman–Crippen LogP) is 2.84. The molecule has 0 fully saturated rings. The topological polar surface area (TPSA) is 107 Å². The van der Waals surface area contributed by atoms with Gasteiger partial charge in [-0.2, -0.15) is 0 Å². The lowest BCUT2D eigenvalue weighted by Crippen LogP contribution is -2.48. The normalized spacial score (nSPS) is 11.0. The van der Waals surface area contributed by atoms with Crippen LogP contribution in [0.15, 0.2) is 36.4 Å². The maximum Gasteiger partial charge on any atom is 0.269 e. The fourth-order valence-electron chi connectivity index (χ4n) is 2.63. The molecule has 10 heteroatoms. The summed E-state index contributed by atoms with van der Waals surface area (Å²) < 4.78 is 21.4. The quantitative estimate of drug-likeness (QED) is 0.407. The van der Waals surface area contributed by atoms with Gasteiger partial charge in [-0.15, -0.1) is 0 Å². The zero-order valence-corrected chi connectivity index (χ0v) is 19.4. The van der Waals surface area contributed by atoms with Crippen molar-refractivity contribution in [3.8, 4) is 23.0 Å². The summed E-state index contributed by atoms with van der Waals surface area (Å²) in [6.07, 6.45) is 0.872. The Hall–Kier alpha value is -3.53. The maximum atomic E-state index is 12.5. The summed E-state index contributed by atoms with van der Waals surface area (Å²) in [5, 5.41) is 2.42. The standard InChI is InChI=1S/C22H27N3O6S/c1-6-13(2)31-16-9-7-8-14(10-16)20(26)23-22(32)25-24-21(27)15-11-17(28-3)19(30-5)18(12-15)29-4/h7-13H,6H2,1-5H3,(H,24,27)(H2,23,25,26,32). The first-order valence-electron chi connectivity index (χ1n) is 9.81. The van der Waals surface area contributed by atoms with E-state index in [0.29, 0.717) is 28.6 Å². The molecule has 3 N–H and O–H groups in total. The van der Waals surface area contributed by atoms with Crippen LogP contribution in [0.1, 0.15) is 41.0 Å². The SMILES string of the molecule is CCC(C)Oc1cccc(C(=O)NC(=S)NNC(=O)c2cc(OC)c(OC)c(OC)c2)c1. The molecule has 0 bridgehead atoms. The first kappa shape index (κ1) is 24.7. The van der Waals surface area contributed by atoms with Crippen LogP contribution in [-0.4, -0.2) is 44.4 Å². The van der Waals surface area contributed by atoms with E-state index in [9.17, 15) is 9.59 Å². The Morgan fingerprint density at radius 1 is 0.938 bits per heavy atom. The molecular formula is C22H27N3O6S. The summed E-state index contributed by atoms with van der Waals surface area (Å²) in [4.78, 5) is 25.0. The maximum absolute atomic E-state index is 12.5. The lowest BCUT2D eigenvalue weighted by Gasteiger charge is -2.15. The molecule has 0 aliphatic heterocycles. The van der Waals surface area contributed by atoms with Gasteiger partial charge in [-0.25, -0.2) is 0 Å². The summed E-state index contributed by atoms with van der Waals surface area (Å²) in [6, 6.07) is 9.73. The molecule has 172 valence electrons. The van der Waals surface area contributed by atoms with E-state index in [1.54, 1.807) is 24.3 Å². The van der Waals surface area contributed by atoms with Crippen molar-refractivity contribution in [3.05, 3.63) is 47.5 Å². The van der Waals surface area contributed by atoms with E-state index in [2.05, 4.69) is 16.2 Å². The number of nitrogens with one attached hydrogen (secondary N) is 3. The summed E-state index contributed by atoms with van der Waals surface area (Å²) in [5.74, 6) is 0.632. The van der Waals surface area contributed by atoms with Gasteiger partial charge in [-0.3, -0.25) is 25.8 Å². The average Bonchev–Trinajstić information content (AvgIpc) is 2.81. The van der Waals surface area contributed by atoms with E-state index in [1.165, 1.54) is 33.5 Å². The Labute approximate surface area is 192 Å². The van der Waals surface area contributed by atoms with Crippen molar-refractivity contribution < 1.29 is 28.5 Å². The Balaban J connectivity index is 1.99. The molecule has 2 aromatic rings. The van der Waals surface area contributed by atoms with Gasteiger partial charge >= 0.3 is 0 Å². The zero-order chi connectivity index (χ0) is 23.7. The molecule has 0 aromatic heterocycles. The lowest BCUT2D eigenvalue weighted by molar-refractivity contribution is 0.0934. The fraction of sp³-hybridized carbons (Fsp3) is 0.318. The van der Waals surface area contributed by atoms with Gasteiger partial charge in [0.05, 0.1) is 27.4 Å². The van der Waals surface area contributed by atoms with Crippen molar-refractivity contribution in [1.82, 2.24) is 16.2 Å². The van der Waals surface area contributed by atoms with Gasteiger partial charge in [0, 0.05) is 11.1 Å². The van der Waals surface area contributed by atoms with Crippen molar-refractivity contribution in [2.45, 2.75) is 26.4 Å². The number of benzene rings is 2. The van der Waals surface area contributed by atoms with Crippen molar-refractivity contribution in [2.24, 2.45) is 0 Å². The first-order chi connectivity index (χ1) is 15.3. The van der Waals surface area contributed by atoms with Crippen LogP contribution in [-0.2, 0) is 0 Å². The molecular weight excluding hydrogens is 434 g/mol. The molecule has 0 heterocycles. The van der Waals surface area contributed by atoms with Gasteiger partial charge in [0.1, 0.15) is 5.75 Å².